The highest BCUT2D eigenvalue weighted by molar-refractivity contribution is 5.81. The average Bonchev–Trinajstić information content (AvgIpc) is 2.10. The summed E-state index contributed by atoms with van der Waals surface area (Å²) in [6.07, 6.45) is 0.615. The Kier molecular flexibility index (Phi) is 6.64. The molecule has 0 aromatic rings. The van der Waals surface area contributed by atoms with Gasteiger partial charge in [-0.2, -0.15) is 5.10 Å². The van der Waals surface area contributed by atoms with Gasteiger partial charge in [0.05, 0.1) is 7.11 Å². The number of rotatable bonds is 6. The van der Waals surface area contributed by atoms with Crippen LogP contribution in [-0.4, -0.2) is 31.1 Å². The lowest BCUT2D eigenvalue weighted by Crippen LogP contribution is -2.18. The van der Waals surface area contributed by atoms with Gasteiger partial charge in [0.25, 0.3) is 0 Å². The Bertz CT molecular complexity index is 139. The van der Waals surface area contributed by atoms with E-state index in [1.165, 1.54) is 7.11 Å². The quantitative estimate of drug-likeness (QED) is 0.476. The summed E-state index contributed by atoms with van der Waals surface area (Å²) < 4.78 is 0. The molecule has 0 aromatic carbocycles. The molecule has 0 heterocycles. The molecule has 0 aromatic heterocycles. The Hall–Kier alpha value is -0.650. The van der Waals surface area contributed by atoms with Crippen molar-refractivity contribution < 1.29 is 4.84 Å². The van der Waals surface area contributed by atoms with Gasteiger partial charge in [-0.25, -0.2) is 0 Å². The summed E-state index contributed by atoms with van der Waals surface area (Å²) in [7, 11) is 1.35. The summed E-state index contributed by atoms with van der Waals surface area (Å²) >= 11 is 0. The first-order chi connectivity index (χ1) is 5.70. The summed E-state index contributed by atoms with van der Waals surface area (Å²) in [5, 5.41) is 15.1. The second-order valence-corrected chi connectivity index (χ2v) is 2.35. The first-order valence-corrected chi connectivity index (χ1v) is 3.95. The highest BCUT2D eigenvalue weighted by Crippen LogP contribution is 1.90. The number of hydrazone groups is 1. The van der Waals surface area contributed by atoms with Crippen LogP contribution in [0.3, 0.4) is 0 Å². The van der Waals surface area contributed by atoms with Crippen LogP contribution < -0.4 is 5.43 Å². The summed E-state index contributed by atoms with van der Waals surface area (Å²) in [4.78, 5) is 4.41. The maximum absolute atomic E-state index is 10.6. The zero-order valence-corrected chi connectivity index (χ0v) is 7.83. The standard InChI is InChI=1S/C7H16N3O2/c1-4-8-9-7(2)5-6-10(11)12-3/h8H,4-6H2,1-3H3/q-1/b9-7+. The third kappa shape index (κ3) is 6.09. The molecule has 0 unspecified atom stereocenters. The third-order valence-electron chi connectivity index (χ3n) is 1.29. The molecule has 0 aliphatic rings. The van der Waals surface area contributed by atoms with Crippen LogP contribution >= 0.6 is 0 Å². The van der Waals surface area contributed by atoms with Crippen molar-refractivity contribution in [2.24, 2.45) is 5.10 Å². The Balaban J connectivity index is 3.48. The molecule has 0 amide bonds. The van der Waals surface area contributed by atoms with Gasteiger partial charge in [-0.15, -0.1) is 0 Å². The summed E-state index contributed by atoms with van der Waals surface area (Å²) in [5.41, 5.74) is 3.71. The second-order valence-electron chi connectivity index (χ2n) is 2.35. The highest BCUT2D eigenvalue weighted by Gasteiger charge is 1.92. The molecule has 0 radical (unpaired) electrons. The topological polar surface area (TPSA) is 59.9 Å². The highest BCUT2D eigenvalue weighted by atomic mass is 16.9. The normalized spacial score (nSPS) is 12.2. The maximum Gasteiger partial charge on any atom is 0.0563 e. The van der Waals surface area contributed by atoms with Crippen molar-refractivity contribution in [2.45, 2.75) is 20.3 Å². The van der Waals surface area contributed by atoms with Crippen LogP contribution in [-0.2, 0) is 4.84 Å². The molecule has 0 aliphatic carbocycles. The molecule has 0 atom stereocenters. The van der Waals surface area contributed by atoms with E-state index in [1.54, 1.807) is 0 Å². The molecule has 0 spiro atoms. The Morgan fingerprint density at radius 2 is 2.33 bits per heavy atom. The summed E-state index contributed by atoms with van der Waals surface area (Å²) in [5.74, 6) is 0. The van der Waals surface area contributed by atoms with Gasteiger partial charge in [-0.1, -0.05) is 0 Å². The number of hydrogen-bond donors (Lipinski definition) is 1. The van der Waals surface area contributed by atoms with Crippen molar-refractivity contribution in [3.63, 3.8) is 0 Å². The summed E-state index contributed by atoms with van der Waals surface area (Å²) in [6.45, 7) is 4.94. The molecule has 0 rings (SSSR count). The van der Waals surface area contributed by atoms with E-state index in [-0.39, 0.29) is 0 Å². The van der Waals surface area contributed by atoms with Crippen LogP contribution in [0.5, 0.6) is 0 Å². The predicted molar refractivity (Wildman–Crippen MR) is 48.5 cm³/mol. The largest absolute Gasteiger partial charge is 0.762 e. The van der Waals surface area contributed by atoms with E-state index in [2.05, 4.69) is 15.4 Å². The number of hydrogen-bond acceptors (Lipinski definition) is 5. The minimum atomic E-state index is 0.317. The van der Waals surface area contributed by atoms with Crippen LogP contribution in [0.15, 0.2) is 5.10 Å². The molecular weight excluding hydrogens is 158 g/mol. The van der Waals surface area contributed by atoms with Crippen molar-refractivity contribution in [2.75, 3.05) is 20.2 Å². The lowest BCUT2D eigenvalue weighted by Gasteiger charge is -2.24. The average molecular weight is 174 g/mol. The minimum Gasteiger partial charge on any atom is -0.762 e. The Labute approximate surface area is 72.9 Å². The number of hydroxylamine groups is 2. The molecule has 0 saturated carbocycles. The van der Waals surface area contributed by atoms with Crippen molar-refractivity contribution in [1.29, 1.82) is 0 Å². The lowest BCUT2D eigenvalue weighted by atomic mass is 10.3. The van der Waals surface area contributed by atoms with E-state index in [1.807, 2.05) is 13.8 Å². The zero-order chi connectivity index (χ0) is 9.40. The smallest absolute Gasteiger partial charge is 0.0563 e. The van der Waals surface area contributed by atoms with E-state index in [0.29, 0.717) is 18.2 Å². The molecule has 1 N–H and O–H groups in total. The molecule has 0 bridgehead atoms. The first kappa shape index (κ1) is 11.4. The van der Waals surface area contributed by atoms with Crippen molar-refractivity contribution in [3.05, 3.63) is 5.21 Å². The second kappa shape index (κ2) is 7.02. The van der Waals surface area contributed by atoms with Gasteiger partial charge in [0.2, 0.25) is 0 Å². The van der Waals surface area contributed by atoms with E-state index < -0.39 is 0 Å². The van der Waals surface area contributed by atoms with Crippen LogP contribution in [0.1, 0.15) is 20.3 Å². The first-order valence-electron chi connectivity index (χ1n) is 3.95. The van der Waals surface area contributed by atoms with Crippen LogP contribution in [0.4, 0.5) is 0 Å². The fourth-order valence-electron chi connectivity index (χ4n) is 0.614. The van der Waals surface area contributed by atoms with E-state index in [4.69, 9.17) is 0 Å². The van der Waals surface area contributed by atoms with Gasteiger partial charge in [-0.3, -0.25) is 5.23 Å². The van der Waals surface area contributed by atoms with Crippen molar-refractivity contribution in [3.8, 4) is 0 Å². The van der Waals surface area contributed by atoms with Crippen LogP contribution in [0.2, 0.25) is 0 Å². The van der Waals surface area contributed by atoms with Crippen molar-refractivity contribution >= 4 is 5.71 Å². The fraction of sp³-hybridized carbons (Fsp3) is 0.857. The van der Waals surface area contributed by atoms with Crippen LogP contribution in [0.25, 0.3) is 0 Å². The third-order valence-corrected chi connectivity index (χ3v) is 1.29. The minimum absolute atomic E-state index is 0.317. The predicted octanol–water partition coefficient (Wildman–Crippen LogP) is 0.723. The van der Waals surface area contributed by atoms with Crippen LogP contribution in [0, 0.1) is 5.21 Å². The SMILES string of the molecule is CCN/N=C(\C)CCN([O-])OC. The zero-order valence-electron chi connectivity index (χ0n) is 7.83. The van der Waals surface area contributed by atoms with Crippen molar-refractivity contribution in [1.82, 2.24) is 10.7 Å². The molecule has 12 heavy (non-hydrogen) atoms. The molecule has 0 saturated heterocycles. The molecule has 72 valence electrons. The van der Waals surface area contributed by atoms with E-state index in [0.717, 1.165) is 12.3 Å². The molecule has 5 heteroatoms. The number of nitrogens with one attached hydrogen (secondary N) is 1. The van der Waals surface area contributed by atoms with Gasteiger partial charge >= 0.3 is 0 Å². The molecule has 0 aliphatic heterocycles. The van der Waals surface area contributed by atoms with Gasteiger partial charge < -0.3 is 15.5 Å². The molecule has 5 nitrogen and oxygen atoms in total. The van der Waals surface area contributed by atoms with E-state index in [9.17, 15) is 5.21 Å². The molecule has 0 fully saturated rings. The monoisotopic (exact) mass is 174 g/mol. The van der Waals surface area contributed by atoms with Gasteiger partial charge in [0.1, 0.15) is 0 Å². The fourth-order valence-corrected chi connectivity index (χ4v) is 0.614. The van der Waals surface area contributed by atoms with Gasteiger partial charge in [0, 0.05) is 25.2 Å². The maximum atomic E-state index is 10.6. The van der Waals surface area contributed by atoms with Gasteiger partial charge in [-0.05, 0) is 13.8 Å². The Morgan fingerprint density at radius 1 is 1.67 bits per heavy atom. The number of nitrogens with zero attached hydrogens (tertiary/aromatic N) is 2. The summed E-state index contributed by atoms with van der Waals surface area (Å²) in [6, 6.07) is 0. The Morgan fingerprint density at radius 3 is 2.83 bits per heavy atom. The molecular formula is C7H16N3O2-. The van der Waals surface area contributed by atoms with E-state index >= 15 is 0 Å². The lowest BCUT2D eigenvalue weighted by molar-refractivity contribution is -0.0852. The van der Waals surface area contributed by atoms with Gasteiger partial charge in [0.15, 0.2) is 0 Å².